The van der Waals surface area contributed by atoms with Crippen molar-refractivity contribution in [2.45, 2.75) is 19.1 Å². The van der Waals surface area contributed by atoms with Crippen LogP contribution in [0.2, 0.25) is 0 Å². The molecule has 3 rings (SSSR count). The number of anilines is 1. The van der Waals surface area contributed by atoms with Crippen molar-refractivity contribution < 1.29 is 23.0 Å². The van der Waals surface area contributed by atoms with Crippen LogP contribution in [0, 0.1) is 6.92 Å². The number of phenolic OH excluding ortho intramolecular Hbond substituents is 1. The summed E-state index contributed by atoms with van der Waals surface area (Å²) in [5.41, 5.74) is -0.131. The number of halogens is 3. The summed E-state index contributed by atoms with van der Waals surface area (Å²) in [5.74, 6) is -0.228. The third-order valence-corrected chi connectivity index (χ3v) is 3.95. The molecular weight excluding hydrogens is 351 g/mol. The Bertz CT molecular complexity index is 779. The van der Waals surface area contributed by atoms with Crippen LogP contribution in [0.4, 0.5) is 19.1 Å². The van der Waals surface area contributed by atoms with E-state index in [0.29, 0.717) is 37.5 Å². The van der Waals surface area contributed by atoms with Gasteiger partial charge in [-0.25, -0.2) is 4.98 Å². The van der Waals surface area contributed by atoms with Crippen molar-refractivity contribution >= 4 is 5.95 Å². The fourth-order valence-electron chi connectivity index (χ4n) is 2.60. The van der Waals surface area contributed by atoms with Crippen LogP contribution in [0.5, 0.6) is 5.75 Å². The molecule has 1 saturated heterocycles. The number of hydrogen-bond acceptors (Lipinski definition) is 7. The lowest BCUT2D eigenvalue weighted by Gasteiger charge is -2.23. The average Bonchev–Trinajstić information content (AvgIpc) is 2.60. The standard InChI is InChI=1S/C16H18F3N5O2/c1-9-14(12-3-2-10(6-13(12)25)16(17,18)19)23-24-15(22-9)21-7-11-8-26-5-4-20-11/h2-3,6,11,20,25H,4-5,7-8H2,1H3,(H,21,22,24)/t11-/m0/s1. The number of aryl methyl sites for hydroxylation is 1. The number of benzene rings is 1. The number of alkyl halides is 3. The van der Waals surface area contributed by atoms with Gasteiger partial charge in [-0.05, 0) is 25.1 Å². The maximum atomic E-state index is 12.7. The van der Waals surface area contributed by atoms with E-state index < -0.39 is 17.5 Å². The smallest absolute Gasteiger partial charge is 0.416 e. The molecule has 0 unspecified atom stereocenters. The molecule has 0 bridgehead atoms. The number of ether oxygens (including phenoxy) is 1. The molecule has 0 spiro atoms. The number of aromatic nitrogens is 3. The van der Waals surface area contributed by atoms with E-state index in [1.54, 1.807) is 6.92 Å². The van der Waals surface area contributed by atoms with Crippen molar-refractivity contribution in [3.8, 4) is 17.0 Å². The second-order valence-corrected chi connectivity index (χ2v) is 5.91. The molecule has 1 aromatic carbocycles. The van der Waals surface area contributed by atoms with Gasteiger partial charge in [-0.3, -0.25) is 0 Å². The summed E-state index contributed by atoms with van der Waals surface area (Å²) in [5, 5.41) is 24.2. The molecule has 0 saturated carbocycles. The van der Waals surface area contributed by atoms with E-state index in [4.69, 9.17) is 4.74 Å². The first kappa shape index (κ1) is 18.3. The molecule has 1 atom stereocenters. The number of rotatable bonds is 4. The van der Waals surface area contributed by atoms with Gasteiger partial charge in [0, 0.05) is 24.7 Å². The molecule has 7 nitrogen and oxygen atoms in total. The quantitative estimate of drug-likeness (QED) is 0.759. The maximum Gasteiger partial charge on any atom is 0.416 e. The highest BCUT2D eigenvalue weighted by atomic mass is 19.4. The third kappa shape index (κ3) is 4.20. The lowest BCUT2D eigenvalue weighted by Crippen LogP contribution is -2.45. The molecule has 1 aliphatic rings. The van der Waals surface area contributed by atoms with Gasteiger partial charge in [0.25, 0.3) is 0 Å². The number of morpholine rings is 1. The fourth-order valence-corrected chi connectivity index (χ4v) is 2.60. The largest absolute Gasteiger partial charge is 0.507 e. The van der Waals surface area contributed by atoms with Gasteiger partial charge in [-0.2, -0.15) is 13.2 Å². The van der Waals surface area contributed by atoms with E-state index in [1.165, 1.54) is 0 Å². The summed E-state index contributed by atoms with van der Waals surface area (Å²) in [7, 11) is 0. The molecule has 1 fully saturated rings. The van der Waals surface area contributed by atoms with Crippen molar-refractivity contribution in [3.63, 3.8) is 0 Å². The molecule has 0 aliphatic carbocycles. The van der Waals surface area contributed by atoms with Crippen LogP contribution in [0.15, 0.2) is 18.2 Å². The Hall–Kier alpha value is -2.46. The molecule has 0 amide bonds. The van der Waals surface area contributed by atoms with Gasteiger partial charge in [-0.1, -0.05) is 0 Å². The number of phenols is 1. The summed E-state index contributed by atoms with van der Waals surface area (Å²) in [6.45, 7) is 4.23. The normalized spacial score (nSPS) is 17.9. The molecule has 10 heteroatoms. The number of hydrogen-bond donors (Lipinski definition) is 3. The zero-order valence-corrected chi connectivity index (χ0v) is 14.0. The number of nitrogens with one attached hydrogen (secondary N) is 2. The van der Waals surface area contributed by atoms with Gasteiger partial charge in [0.05, 0.1) is 24.5 Å². The van der Waals surface area contributed by atoms with Crippen LogP contribution >= 0.6 is 0 Å². The molecule has 0 radical (unpaired) electrons. The Morgan fingerprint density at radius 2 is 2.15 bits per heavy atom. The molecular formula is C16H18F3N5O2. The van der Waals surface area contributed by atoms with Gasteiger partial charge < -0.3 is 20.5 Å². The topological polar surface area (TPSA) is 92.2 Å². The maximum absolute atomic E-state index is 12.7. The molecule has 3 N–H and O–H groups in total. The molecule has 1 aromatic heterocycles. The second kappa shape index (κ2) is 7.42. The fraction of sp³-hybridized carbons (Fsp3) is 0.438. The first-order valence-electron chi connectivity index (χ1n) is 8.01. The predicted octanol–water partition coefficient (Wildman–Crippen LogP) is 1.97. The zero-order chi connectivity index (χ0) is 18.7. The van der Waals surface area contributed by atoms with E-state index in [0.717, 1.165) is 18.7 Å². The van der Waals surface area contributed by atoms with Crippen LogP contribution in [-0.4, -0.2) is 52.6 Å². The van der Waals surface area contributed by atoms with Gasteiger partial charge in [0.1, 0.15) is 11.4 Å². The van der Waals surface area contributed by atoms with Gasteiger partial charge in [0.15, 0.2) is 0 Å². The molecule has 26 heavy (non-hydrogen) atoms. The van der Waals surface area contributed by atoms with Gasteiger partial charge in [-0.15, -0.1) is 10.2 Å². The lowest BCUT2D eigenvalue weighted by atomic mass is 10.1. The van der Waals surface area contributed by atoms with E-state index in [1.807, 2.05) is 0 Å². The minimum Gasteiger partial charge on any atom is -0.507 e. The Kier molecular flexibility index (Phi) is 5.23. The minimum atomic E-state index is -4.53. The van der Waals surface area contributed by atoms with Crippen molar-refractivity contribution in [2.24, 2.45) is 0 Å². The van der Waals surface area contributed by atoms with E-state index in [-0.39, 0.29) is 17.3 Å². The summed E-state index contributed by atoms with van der Waals surface area (Å²) < 4.78 is 43.4. The Balaban J connectivity index is 1.75. The zero-order valence-electron chi connectivity index (χ0n) is 14.0. The molecule has 140 valence electrons. The predicted molar refractivity (Wildman–Crippen MR) is 87.8 cm³/mol. The van der Waals surface area contributed by atoms with Crippen molar-refractivity contribution in [1.29, 1.82) is 0 Å². The Morgan fingerprint density at radius 1 is 1.35 bits per heavy atom. The van der Waals surface area contributed by atoms with Crippen LogP contribution < -0.4 is 10.6 Å². The van der Waals surface area contributed by atoms with Gasteiger partial charge >= 0.3 is 6.18 Å². The summed E-state index contributed by atoms with van der Waals surface area (Å²) >= 11 is 0. The molecule has 1 aliphatic heterocycles. The Morgan fingerprint density at radius 3 is 2.77 bits per heavy atom. The first-order valence-corrected chi connectivity index (χ1v) is 8.01. The van der Waals surface area contributed by atoms with Crippen LogP contribution in [0.25, 0.3) is 11.3 Å². The SMILES string of the molecule is Cc1nc(NC[C@H]2COCCN2)nnc1-c1ccc(C(F)(F)F)cc1O. The monoisotopic (exact) mass is 369 g/mol. The van der Waals surface area contributed by atoms with Gasteiger partial charge in [0.2, 0.25) is 5.95 Å². The number of nitrogens with zero attached hydrogens (tertiary/aromatic N) is 3. The van der Waals surface area contributed by atoms with Crippen molar-refractivity contribution in [3.05, 3.63) is 29.5 Å². The summed E-state index contributed by atoms with van der Waals surface area (Å²) in [4.78, 5) is 4.26. The first-order chi connectivity index (χ1) is 12.3. The highest BCUT2D eigenvalue weighted by Gasteiger charge is 2.31. The van der Waals surface area contributed by atoms with E-state index >= 15 is 0 Å². The Labute approximate surface area is 147 Å². The average molecular weight is 369 g/mol. The highest BCUT2D eigenvalue weighted by Crippen LogP contribution is 2.36. The highest BCUT2D eigenvalue weighted by molar-refractivity contribution is 5.69. The minimum absolute atomic E-state index is 0.131. The molecule has 2 aromatic rings. The second-order valence-electron chi connectivity index (χ2n) is 5.91. The van der Waals surface area contributed by atoms with E-state index in [2.05, 4.69) is 25.8 Å². The van der Waals surface area contributed by atoms with Crippen molar-refractivity contribution in [1.82, 2.24) is 20.5 Å². The summed E-state index contributed by atoms with van der Waals surface area (Å²) in [6, 6.07) is 2.84. The van der Waals surface area contributed by atoms with Crippen LogP contribution in [-0.2, 0) is 10.9 Å². The van der Waals surface area contributed by atoms with E-state index in [9.17, 15) is 18.3 Å². The molecule has 2 heterocycles. The third-order valence-electron chi connectivity index (χ3n) is 3.95. The van der Waals surface area contributed by atoms with Crippen LogP contribution in [0.1, 0.15) is 11.3 Å². The van der Waals surface area contributed by atoms with Crippen LogP contribution in [0.3, 0.4) is 0 Å². The summed E-state index contributed by atoms with van der Waals surface area (Å²) in [6.07, 6.45) is -4.53. The number of aromatic hydroxyl groups is 1. The van der Waals surface area contributed by atoms with Crippen molar-refractivity contribution in [2.75, 3.05) is 31.6 Å². The lowest BCUT2D eigenvalue weighted by molar-refractivity contribution is -0.137.